The number of sulfonamides is 1. The van der Waals surface area contributed by atoms with Gasteiger partial charge in [-0.05, 0) is 62.4 Å². The monoisotopic (exact) mass is 473 g/mol. The summed E-state index contributed by atoms with van der Waals surface area (Å²) in [6.45, 7) is 9.43. The molecule has 2 fully saturated rings. The number of nitrogens with zero attached hydrogens (tertiary/aromatic N) is 1. The van der Waals surface area contributed by atoms with Crippen LogP contribution in [0.25, 0.3) is 0 Å². The second-order valence-electron chi connectivity index (χ2n) is 9.73. The highest BCUT2D eigenvalue weighted by atomic mass is 32.2. The van der Waals surface area contributed by atoms with Crippen molar-refractivity contribution >= 4 is 15.9 Å². The van der Waals surface area contributed by atoms with Gasteiger partial charge in [0.2, 0.25) is 15.9 Å². The molecule has 33 heavy (non-hydrogen) atoms. The molecule has 1 amide bonds. The van der Waals surface area contributed by atoms with Crippen molar-refractivity contribution in [3.05, 3.63) is 59.0 Å². The third kappa shape index (κ3) is 5.18. The number of amides is 1. The number of carbonyl (C=O) groups is 1. The van der Waals surface area contributed by atoms with Crippen LogP contribution in [0.5, 0.6) is 0 Å². The number of rotatable bonds is 6. The van der Waals surface area contributed by atoms with Gasteiger partial charge in [-0.3, -0.25) is 9.69 Å². The first-order chi connectivity index (χ1) is 15.7. The van der Waals surface area contributed by atoms with E-state index in [1.807, 2.05) is 58.0 Å². The summed E-state index contributed by atoms with van der Waals surface area (Å²) in [5, 5.41) is 2.54. The summed E-state index contributed by atoms with van der Waals surface area (Å²) in [7, 11) is -3.47. The Bertz CT molecular complexity index is 1080. The minimum atomic E-state index is -3.47. The zero-order chi connectivity index (χ0) is 23.8. The average molecular weight is 474 g/mol. The number of hydrogen-bond acceptors (Lipinski definition) is 5. The molecule has 1 aromatic carbocycles. The minimum absolute atomic E-state index is 0.00191. The van der Waals surface area contributed by atoms with Gasteiger partial charge in [-0.2, -0.15) is 4.72 Å². The van der Waals surface area contributed by atoms with E-state index in [1.54, 1.807) is 6.26 Å². The number of hydrogen-bond donors (Lipinski definition) is 2. The molecule has 0 aliphatic carbocycles. The topological polar surface area (TPSA) is 91.7 Å². The molecule has 2 N–H and O–H groups in total. The number of aryl methyl sites for hydroxylation is 2. The molecule has 4 rings (SSSR count). The molecule has 0 radical (unpaired) electrons. The Balaban J connectivity index is 1.35. The highest BCUT2D eigenvalue weighted by Crippen LogP contribution is 2.40. The lowest BCUT2D eigenvalue weighted by Crippen LogP contribution is -2.51. The molecule has 2 aliphatic heterocycles. The zero-order valence-electron chi connectivity index (χ0n) is 19.9. The van der Waals surface area contributed by atoms with Crippen molar-refractivity contribution < 1.29 is 17.6 Å². The van der Waals surface area contributed by atoms with Gasteiger partial charge in [0, 0.05) is 37.4 Å². The zero-order valence-corrected chi connectivity index (χ0v) is 20.7. The minimum Gasteiger partial charge on any atom is -0.469 e. The normalized spacial score (nSPS) is 26.8. The van der Waals surface area contributed by atoms with Crippen LogP contribution in [0.3, 0.4) is 0 Å². The molecule has 0 saturated carbocycles. The molecule has 0 bridgehead atoms. The van der Waals surface area contributed by atoms with Gasteiger partial charge < -0.3 is 9.73 Å². The van der Waals surface area contributed by atoms with Crippen molar-refractivity contribution in [2.75, 3.05) is 13.1 Å². The Morgan fingerprint density at radius 2 is 1.94 bits per heavy atom. The van der Waals surface area contributed by atoms with Crippen LogP contribution in [0.15, 0.2) is 41.0 Å². The fraction of sp³-hybridized carbons (Fsp3) is 0.560. The highest BCUT2D eigenvalue weighted by molar-refractivity contribution is 7.90. The van der Waals surface area contributed by atoms with Gasteiger partial charge in [-0.25, -0.2) is 8.42 Å². The first-order valence-electron chi connectivity index (χ1n) is 11.8. The fourth-order valence-electron chi connectivity index (χ4n) is 5.21. The molecule has 180 valence electrons. The van der Waals surface area contributed by atoms with Crippen molar-refractivity contribution in [2.45, 2.75) is 64.4 Å². The number of carbonyl (C=O) groups excluding carboxylic acids is 1. The molecule has 3 heterocycles. The molecule has 7 nitrogen and oxygen atoms in total. The van der Waals surface area contributed by atoms with Gasteiger partial charge >= 0.3 is 0 Å². The summed E-state index contributed by atoms with van der Waals surface area (Å²) in [5.41, 5.74) is 3.11. The van der Waals surface area contributed by atoms with Gasteiger partial charge in [0.05, 0.1) is 12.4 Å². The van der Waals surface area contributed by atoms with Crippen LogP contribution < -0.4 is 10.0 Å². The molecule has 4 unspecified atom stereocenters. The molecule has 4 atom stereocenters. The number of furan rings is 1. The average Bonchev–Trinajstić information content (AvgIpc) is 3.35. The molecule has 2 saturated heterocycles. The van der Waals surface area contributed by atoms with Gasteiger partial charge in [-0.1, -0.05) is 25.1 Å². The van der Waals surface area contributed by atoms with Gasteiger partial charge in [0.15, 0.2) is 0 Å². The lowest BCUT2D eigenvalue weighted by molar-refractivity contribution is -0.127. The Morgan fingerprint density at radius 1 is 1.21 bits per heavy atom. The molecule has 1 aromatic heterocycles. The van der Waals surface area contributed by atoms with Crippen molar-refractivity contribution in [3.8, 4) is 0 Å². The van der Waals surface area contributed by atoms with E-state index >= 15 is 0 Å². The Labute approximate surface area is 197 Å². The molecule has 8 heteroatoms. The van der Waals surface area contributed by atoms with Crippen molar-refractivity contribution in [1.82, 2.24) is 14.9 Å². The first kappa shape index (κ1) is 24.0. The van der Waals surface area contributed by atoms with Crippen LogP contribution in [0, 0.1) is 25.7 Å². The van der Waals surface area contributed by atoms with Crippen LogP contribution in [0.2, 0.25) is 0 Å². The second-order valence-corrected chi connectivity index (χ2v) is 11.6. The smallest absolute Gasteiger partial charge is 0.223 e. The fourth-order valence-corrected chi connectivity index (χ4v) is 7.28. The van der Waals surface area contributed by atoms with E-state index in [2.05, 4.69) is 14.9 Å². The predicted octanol–water partition coefficient (Wildman–Crippen LogP) is 3.29. The summed E-state index contributed by atoms with van der Waals surface area (Å²) in [6.07, 6.45) is 3.50. The predicted molar refractivity (Wildman–Crippen MR) is 128 cm³/mol. The summed E-state index contributed by atoms with van der Waals surface area (Å²) in [6, 6.07) is 9.70. The van der Waals surface area contributed by atoms with Crippen LogP contribution in [-0.2, 0) is 21.2 Å². The molecule has 0 spiro atoms. The SMILES string of the molecule is Cc1ccc(C2C(C)C(N3CCC(C(=O)NC(C)Cc4ccco4)CC3)NS2(=O)=O)cc1C. The van der Waals surface area contributed by atoms with E-state index in [0.29, 0.717) is 19.5 Å². The Hall–Kier alpha value is -2.16. The van der Waals surface area contributed by atoms with Gasteiger partial charge in [0.1, 0.15) is 11.0 Å². The van der Waals surface area contributed by atoms with Crippen LogP contribution >= 0.6 is 0 Å². The molecule has 2 aromatic rings. The third-order valence-corrected chi connectivity index (χ3v) is 9.16. The van der Waals surface area contributed by atoms with E-state index in [9.17, 15) is 13.2 Å². The van der Waals surface area contributed by atoms with Crippen molar-refractivity contribution in [3.63, 3.8) is 0 Å². The largest absolute Gasteiger partial charge is 0.469 e. The lowest BCUT2D eigenvalue weighted by Gasteiger charge is -2.37. The van der Waals surface area contributed by atoms with E-state index in [1.165, 1.54) is 0 Å². The number of piperidine rings is 1. The van der Waals surface area contributed by atoms with Gasteiger partial charge in [0.25, 0.3) is 0 Å². The summed E-state index contributed by atoms with van der Waals surface area (Å²) in [5.74, 6) is 0.792. The number of nitrogens with one attached hydrogen (secondary N) is 2. The quantitative estimate of drug-likeness (QED) is 0.672. The summed E-state index contributed by atoms with van der Waals surface area (Å²) >= 11 is 0. The second kappa shape index (κ2) is 9.60. The summed E-state index contributed by atoms with van der Waals surface area (Å²) in [4.78, 5) is 15.0. The van der Waals surface area contributed by atoms with E-state index in [4.69, 9.17) is 4.42 Å². The Kier molecular flexibility index (Phi) is 6.98. The first-order valence-corrected chi connectivity index (χ1v) is 13.4. The van der Waals surface area contributed by atoms with E-state index in [-0.39, 0.29) is 30.0 Å². The van der Waals surface area contributed by atoms with Crippen LogP contribution in [-0.4, -0.2) is 44.5 Å². The van der Waals surface area contributed by atoms with Gasteiger partial charge in [-0.15, -0.1) is 0 Å². The lowest BCUT2D eigenvalue weighted by atomic mass is 9.91. The van der Waals surface area contributed by atoms with Crippen LogP contribution in [0.1, 0.15) is 54.4 Å². The molecular weight excluding hydrogens is 438 g/mol. The molecular formula is C25H35N3O4S. The maximum Gasteiger partial charge on any atom is 0.223 e. The van der Waals surface area contributed by atoms with Crippen molar-refractivity contribution in [2.24, 2.45) is 11.8 Å². The highest BCUT2D eigenvalue weighted by Gasteiger charge is 2.48. The number of benzene rings is 1. The maximum absolute atomic E-state index is 13.0. The number of likely N-dealkylation sites (tertiary alicyclic amines) is 1. The standard InChI is InChI=1S/C25H35N3O4S/c1-16-7-8-21(14-17(16)2)23-19(4)24(27-33(23,30)31)28-11-9-20(10-12-28)25(29)26-18(3)15-22-6-5-13-32-22/h5-8,13-14,18-20,23-24,27H,9-12,15H2,1-4H3,(H,26,29). The van der Waals surface area contributed by atoms with Crippen molar-refractivity contribution in [1.29, 1.82) is 0 Å². The van der Waals surface area contributed by atoms with E-state index in [0.717, 1.165) is 35.3 Å². The third-order valence-electron chi connectivity index (χ3n) is 7.22. The summed E-state index contributed by atoms with van der Waals surface area (Å²) < 4.78 is 34.4. The molecule has 2 aliphatic rings. The van der Waals surface area contributed by atoms with E-state index < -0.39 is 15.3 Å². The van der Waals surface area contributed by atoms with Crippen LogP contribution in [0.4, 0.5) is 0 Å². The maximum atomic E-state index is 13.0. The Morgan fingerprint density at radius 3 is 2.58 bits per heavy atom.